The third kappa shape index (κ3) is 2.96. The molecule has 0 atom stereocenters. The topological polar surface area (TPSA) is 63.1 Å². The Morgan fingerprint density at radius 2 is 2.36 bits per heavy atom. The van der Waals surface area contributed by atoms with E-state index in [2.05, 4.69) is 9.97 Å². The van der Waals surface area contributed by atoms with E-state index < -0.39 is 5.97 Å². The zero-order valence-corrected chi connectivity index (χ0v) is 8.58. The Kier molecular flexibility index (Phi) is 3.83. The average Bonchev–Trinajstić information content (AvgIpc) is 2.15. The summed E-state index contributed by atoms with van der Waals surface area (Å²) in [7, 11) is 0. The van der Waals surface area contributed by atoms with Gasteiger partial charge in [-0.1, -0.05) is 18.5 Å². The molecule has 0 aliphatic carbocycles. The molecule has 0 radical (unpaired) electrons. The molecule has 0 spiro atoms. The zero-order valence-electron chi connectivity index (χ0n) is 7.83. The van der Waals surface area contributed by atoms with Crippen LogP contribution in [0.1, 0.15) is 24.7 Å². The van der Waals surface area contributed by atoms with Crippen LogP contribution >= 0.6 is 11.6 Å². The predicted molar refractivity (Wildman–Crippen MR) is 52.4 cm³/mol. The summed E-state index contributed by atoms with van der Waals surface area (Å²) in [5.74, 6) is -0.172. The largest absolute Gasteiger partial charge is 0.481 e. The molecule has 5 heteroatoms. The molecule has 0 aromatic carbocycles. The van der Waals surface area contributed by atoms with Crippen molar-refractivity contribution in [2.24, 2.45) is 0 Å². The van der Waals surface area contributed by atoms with Gasteiger partial charge in [-0.15, -0.1) is 0 Å². The highest BCUT2D eigenvalue weighted by Crippen LogP contribution is 2.13. The summed E-state index contributed by atoms with van der Waals surface area (Å²) >= 11 is 5.85. The van der Waals surface area contributed by atoms with E-state index in [0.29, 0.717) is 23.0 Å². The minimum Gasteiger partial charge on any atom is -0.481 e. The summed E-state index contributed by atoms with van der Waals surface area (Å²) in [6, 6.07) is 0. The van der Waals surface area contributed by atoms with E-state index in [0.717, 1.165) is 6.42 Å². The molecular weight excluding hydrogens is 204 g/mol. The van der Waals surface area contributed by atoms with E-state index in [-0.39, 0.29) is 6.42 Å². The van der Waals surface area contributed by atoms with Crippen LogP contribution in [-0.4, -0.2) is 21.0 Å². The molecule has 0 unspecified atom stereocenters. The number of aliphatic carboxylic acids is 1. The van der Waals surface area contributed by atoms with Gasteiger partial charge in [-0.25, -0.2) is 9.97 Å². The highest BCUT2D eigenvalue weighted by Gasteiger charge is 2.06. The van der Waals surface area contributed by atoms with Crippen LogP contribution in [0.5, 0.6) is 0 Å². The molecule has 0 aliphatic heterocycles. The number of hydrogen-bond donors (Lipinski definition) is 1. The maximum absolute atomic E-state index is 10.3. The molecule has 1 heterocycles. The maximum atomic E-state index is 10.3. The van der Waals surface area contributed by atoms with Crippen LogP contribution in [-0.2, 0) is 17.6 Å². The Hall–Kier alpha value is -1.16. The number of rotatable bonds is 4. The minimum atomic E-state index is -0.847. The van der Waals surface area contributed by atoms with Gasteiger partial charge in [0, 0.05) is 24.6 Å². The molecular formula is C9H11ClN2O2. The van der Waals surface area contributed by atoms with Gasteiger partial charge in [-0.05, 0) is 6.42 Å². The van der Waals surface area contributed by atoms with Crippen LogP contribution in [0.25, 0.3) is 0 Å². The van der Waals surface area contributed by atoms with Crippen LogP contribution in [0.2, 0.25) is 5.15 Å². The first-order chi connectivity index (χ1) is 6.63. The molecule has 0 aliphatic rings. The van der Waals surface area contributed by atoms with Gasteiger partial charge >= 0.3 is 5.97 Å². The van der Waals surface area contributed by atoms with E-state index in [9.17, 15) is 4.79 Å². The maximum Gasteiger partial charge on any atom is 0.303 e. The Morgan fingerprint density at radius 1 is 1.64 bits per heavy atom. The van der Waals surface area contributed by atoms with Gasteiger partial charge in [0.25, 0.3) is 0 Å². The van der Waals surface area contributed by atoms with Crippen molar-refractivity contribution in [2.75, 3.05) is 0 Å². The molecule has 14 heavy (non-hydrogen) atoms. The van der Waals surface area contributed by atoms with Crippen molar-refractivity contribution in [3.8, 4) is 0 Å². The van der Waals surface area contributed by atoms with Gasteiger partial charge in [-0.2, -0.15) is 0 Å². The molecule has 1 N–H and O–H groups in total. The van der Waals surface area contributed by atoms with Gasteiger partial charge in [0.2, 0.25) is 0 Å². The van der Waals surface area contributed by atoms with Crippen molar-refractivity contribution >= 4 is 17.6 Å². The van der Waals surface area contributed by atoms with Crippen molar-refractivity contribution in [3.63, 3.8) is 0 Å². The van der Waals surface area contributed by atoms with Gasteiger partial charge in [0.05, 0.1) is 0 Å². The number of carboxylic acids is 1. The smallest absolute Gasteiger partial charge is 0.303 e. The van der Waals surface area contributed by atoms with Crippen LogP contribution in [0, 0.1) is 0 Å². The fourth-order valence-corrected chi connectivity index (χ4v) is 1.24. The van der Waals surface area contributed by atoms with E-state index in [1.165, 1.54) is 0 Å². The molecule has 0 saturated heterocycles. The highest BCUT2D eigenvalue weighted by molar-refractivity contribution is 6.30. The average molecular weight is 215 g/mol. The van der Waals surface area contributed by atoms with Crippen LogP contribution < -0.4 is 0 Å². The lowest BCUT2D eigenvalue weighted by Gasteiger charge is -2.02. The lowest BCUT2D eigenvalue weighted by molar-refractivity contribution is -0.136. The second-order valence-electron chi connectivity index (χ2n) is 2.85. The Morgan fingerprint density at radius 3 is 2.86 bits per heavy atom. The first-order valence-corrected chi connectivity index (χ1v) is 4.73. The van der Waals surface area contributed by atoms with Crippen molar-refractivity contribution < 1.29 is 9.90 Å². The van der Waals surface area contributed by atoms with Crippen molar-refractivity contribution in [3.05, 3.63) is 22.7 Å². The molecule has 0 saturated carbocycles. The van der Waals surface area contributed by atoms with Gasteiger partial charge in [-0.3, -0.25) is 4.79 Å². The predicted octanol–water partition coefficient (Wildman–Crippen LogP) is 1.71. The fraction of sp³-hybridized carbons (Fsp3) is 0.444. The highest BCUT2D eigenvalue weighted by atomic mass is 35.5. The molecule has 1 aromatic heterocycles. The van der Waals surface area contributed by atoms with Crippen LogP contribution in [0.15, 0.2) is 6.20 Å². The number of hydrogen-bond acceptors (Lipinski definition) is 3. The van der Waals surface area contributed by atoms with Gasteiger partial charge in [0.15, 0.2) is 0 Å². The molecule has 4 nitrogen and oxygen atoms in total. The van der Waals surface area contributed by atoms with Crippen LogP contribution in [0.4, 0.5) is 0 Å². The number of aryl methyl sites for hydroxylation is 2. The summed E-state index contributed by atoms with van der Waals surface area (Å²) in [6.45, 7) is 1.93. The Balaban J connectivity index is 2.73. The second-order valence-corrected chi connectivity index (χ2v) is 3.21. The lowest BCUT2D eigenvalue weighted by atomic mass is 10.2. The molecule has 0 fully saturated rings. The minimum absolute atomic E-state index is 0.0502. The summed E-state index contributed by atoms with van der Waals surface area (Å²) in [5.41, 5.74) is 0.686. The Bertz CT molecular complexity index is 342. The lowest BCUT2D eigenvalue weighted by Crippen LogP contribution is -2.01. The third-order valence-electron chi connectivity index (χ3n) is 1.79. The first-order valence-electron chi connectivity index (χ1n) is 4.35. The van der Waals surface area contributed by atoms with Crippen molar-refractivity contribution in [1.82, 2.24) is 9.97 Å². The third-order valence-corrected chi connectivity index (χ3v) is 2.11. The fourth-order valence-electron chi connectivity index (χ4n) is 0.999. The SMILES string of the molecule is CCc1ncc(CCC(=O)O)c(Cl)n1. The van der Waals surface area contributed by atoms with E-state index >= 15 is 0 Å². The van der Waals surface area contributed by atoms with Gasteiger partial charge in [0.1, 0.15) is 11.0 Å². The first kappa shape index (κ1) is 10.9. The number of halogens is 1. The van der Waals surface area contributed by atoms with Crippen molar-refractivity contribution in [1.29, 1.82) is 0 Å². The molecule has 76 valence electrons. The number of aromatic nitrogens is 2. The van der Waals surface area contributed by atoms with Crippen LogP contribution in [0.3, 0.4) is 0 Å². The monoisotopic (exact) mass is 214 g/mol. The molecule has 0 bridgehead atoms. The summed E-state index contributed by atoms with van der Waals surface area (Å²) in [6.07, 6.45) is 2.74. The quantitative estimate of drug-likeness (QED) is 0.775. The Labute approximate surface area is 87.0 Å². The number of carboxylic acid groups (broad SMARTS) is 1. The molecule has 1 aromatic rings. The summed E-state index contributed by atoms with van der Waals surface area (Å²) in [5, 5.41) is 8.84. The summed E-state index contributed by atoms with van der Waals surface area (Å²) in [4.78, 5) is 18.4. The standard InChI is InChI=1S/C9H11ClN2O2/c1-2-7-11-5-6(9(10)12-7)3-4-8(13)14/h5H,2-4H2,1H3,(H,13,14). The normalized spacial score (nSPS) is 10.1. The molecule has 1 rings (SSSR count). The second kappa shape index (κ2) is 4.91. The van der Waals surface area contributed by atoms with Crippen molar-refractivity contribution in [2.45, 2.75) is 26.2 Å². The van der Waals surface area contributed by atoms with Gasteiger partial charge < -0.3 is 5.11 Å². The zero-order chi connectivity index (χ0) is 10.6. The number of carbonyl (C=O) groups is 1. The van der Waals surface area contributed by atoms with E-state index in [1.807, 2.05) is 6.92 Å². The number of nitrogens with zero attached hydrogens (tertiary/aromatic N) is 2. The molecule has 0 amide bonds. The van der Waals surface area contributed by atoms with E-state index in [1.54, 1.807) is 6.20 Å². The van der Waals surface area contributed by atoms with E-state index in [4.69, 9.17) is 16.7 Å². The summed E-state index contributed by atoms with van der Waals surface area (Å²) < 4.78 is 0.